The Morgan fingerprint density at radius 1 is 1.56 bits per heavy atom. The lowest BCUT2D eigenvalue weighted by atomic mass is 9.98. The molecular formula is C13H20ClNO3. The third-order valence-electron chi connectivity index (χ3n) is 2.61. The Kier molecular flexibility index (Phi) is 4.79. The molecule has 5 heteroatoms. The van der Waals surface area contributed by atoms with Gasteiger partial charge in [-0.05, 0) is 27.2 Å². The molecule has 0 aromatic heterocycles. The molecule has 1 amide bonds. The minimum Gasteiger partial charge on any atom is -0.444 e. The van der Waals surface area contributed by atoms with E-state index in [1.165, 1.54) is 4.90 Å². The van der Waals surface area contributed by atoms with Crippen LogP contribution in [0.4, 0.5) is 4.79 Å². The van der Waals surface area contributed by atoms with Gasteiger partial charge in [-0.2, -0.15) is 0 Å². The summed E-state index contributed by atoms with van der Waals surface area (Å²) >= 11 is 5.75. The first kappa shape index (κ1) is 15.0. The summed E-state index contributed by atoms with van der Waals surface area (Å²) in [6.45, 7) is 9.50. The number of nitrogens with zero attached hydrogens (tertiary/aromatic N) is 1. The number of halogens is 1. The van der Waals surface area contributed by atoms with E-state index in [9.17, 15) is 9.59 Å². The highest BCUT2D eigenvalue weighted by molar-refractivity contribution is 6.29. The molecule has 1 saturated heterocycles. The highest BCUT2D eigenvalue weighted by Crippen LogP contribution is 2.23. The summed E-state index contributed by atoms with van der Waals surface area (Å²) in [7, 11) is 0. The van der Waals surface area contributed by atoms with Crippen LogP contribution in [0, 0.1) is 0 Å². The number of rotatable bonds is 2. The molecule has 0 unspecified atom stereocenters. The fourth-order valence-corrected chi connectivity index (χ4v) is 2.04. The first-order chi connectivity index (χ1) is 8.20. The van der Waals surface area contributed by atoms with Crippen molar-refractivity contribution in [1.29, 1.82) is 0 Å². The van der Waals surface area contributed by atoms with Gasteiger partial charge in [0.25, 0.3) is 0 Å². The van der Waals surface area contributed by atoms with Gasteiger partial charge in [0.15, 0.2) is 5.78 Å². The first-order valence-electron chi connectivity index (χ1n) is 6.06. The van der Waals surface area contributed by atoms with Crippen LogP contribution in [-0.2, 0) is 9.53 Å². The van der Waals surface area contributed by atoms with Gasteiger partial charge >= 0.3 is 6.09 Å². The number of carbonyl (C=O) groups excluding carboxylic acids is 2. The second-order valence-electron chi connectivity index (χ2n) is 5.48. The van der Waals surface area contributed by atoms with Crippen LogP contribution in [0.2, 0.25) is 0 Å². The van der Waals surface area contributed by atoms with Crippen LogP contribution in [0.15, 0.2) is 11.6 Å². The summed E-state index contributed by atoms with van der Waals surface area (Å²) in [5.41, 5.74) is -0.569. The van der Waals surface area contributed by atoms with Gasteiger partial charge in [0.05, 0.1) is 6.04 Å². The van der Waals surface area contributed by atoms with E-state index in [-0.39, 0.29) is 5.78 Å². The lowest BCUT2D eigenvalue weighted by Gasteiger charge is -2.35. The number of ketones is 1. The molecule has 1 rings (SSSR count). The number of ether oxygens (including phenoxy) is 1. The molecule has 1 aliphatic heterocycles. The van der Waals surface area contributed by atoms with Crippen LogP contribution in [0.25, 0.3) is 0 Å². The summed E-state index contributed by atoms with van der Waals surface area (Å²) in [4.78, 5) is 25.4. The fraction of sp³-hybridized carbons (Fsp3) is 0.692. The topological polar surface area (TPSA) is 46.6 Å². The number of piperidine rings is 1. The number of hydrogen-bond acceptors (Lipinski definition) is 3. The number of hydrogen-bond donors (Lipinski definition) is 0. The number of Topliss-reactive ketones (excluding diaryl/α,β-unsaturated/α-hetero) is 1. The van der Waals surface area contributed by atoms with Crippen molar-refractivity contribution in [3.63, 3.8) is 0 Å². The average molecular weight is 274 g/mol. The van der Waals surface area contributed by atoms with E-state index in [1.54, 1.807) is 20.8 Å². The van der Waals surface area contributed by atoms with E-state index < -0.39 is 17.7 Å². The van der Waals surface area contributed by atoms with Crippen molar-refractivity contribution < 1.29 is 14.3 Å². The van der Waals surface area contributed by atoms with Crippen molar-refractivity contribution in [1.82, 2.24) is 4.90 Å². The van der Waals surface area contributed by atoms with Crippen molar-refractivity contribution in [2.45, 2.75) is 51.7 Å². The van der Waals surface area contributed by atoms with Gasteiger partial charge in [-0.25, -0.2) is 4.79 Å². The van der Waals surface area contributed by atoms with Gasteiger partial charge in [0.1, 0.15) is 5.60 Å². The van der Waals surface area contributed by atoms with E-state index in [2.05, 4.69) is 6.58 Å². The Balaban J connectivity index is 2.79. The second-order valence-corrected chi connectivity index (χ2v) is 6.02. The lowest BCUT2D eigenvalue weighted by Crippen LogP contribution is -2.50. The van der Waals surface area contributed by atoms with Crippen LogP contribution in [-0.4, -0.2) is 35.0 Å². The van der Waals surface area contributed by atoms with Crippen LogP contribution in [0.1, 0.15) is 40.0 Å². The van der Waals surface area contributed by atoms with Crippen molar-refractivity contribution in [3.8, 4) is 0 Å². The second kappa shape index (κ2) is 5.74. The molecule has 0 spiro atoms. The van der Waals surface area contributed by atoms with Gasteiger partial charge in [0.2, 0.25) is 0 Å². The molecule has 1 fully saturated rings. The van der Waals surface area contributed by atoms with Crippen LogP contribution in [0.3, 0.4) is 0 Å². The van der Waals surface area contributed by atoms with Crippen molar-refractivity contribution in [2.75, 3.05) is 6.54 Å². The summed E-state index contributed by atoms with van der Waals surface area (Å²) in [5, 5.41) is 0.379. The highest BCUT2D eigenvalue weighted by atomic mass is 35.5. The third kappa shape index (κ3) is 4.33. The Morgan fingerprint density at radius 3 is 2.67 bits per heavy atom. The summed E-state index contributed by atoms with van der Waals surface area (Å²) in [6.07, 6.45) is 0.982. The molecule has 0 radical (unpaired) electrons. The zero-order valence-corrected chi connectivity index (χ0v) is 11.9. The predicted octanol–water partition coefficient (Wildman–Crippen LogP) is 3.10. The molecule has 1 heterocycles. The molecule has 0 bridgehead atoms. The molecular weight excluding hydrogens is 254 g/mol. The minimum atomic E-state index is -0.569. The number of likely N-dealkylation sites (tertiary alicyclic amines) is 1. The summed E-state index contributed by atoms with van der Waals surface area (Å²) < 4.78 is 5.30. The maximum Gasteiger partial charge on any atom is 0.410 e. The molecule has 4 nitrogen and oxygen atoms in total. The molecule has 1 aliphatic rings. The molecule has 0 saturated carbocycles. The smallest absolute Gasteiger partial charge is 0.410 e. The van der Waals surface area contributed by atoms with Gasteiger partial charge in [-0.1, -0.05) is 18.2 Å². The van der Waals surface area contributed by atoms with Crippen molar-refractivity contribution in [3.05, 3.63) is 11.6 Å². The molecule has 0 N–H and O–H groups in total. The van der Waals surface area contributed by atoms with Crippen molar-refractivity contribution in [2.24, 2.45) is 0 Å². The average Bonchev–Trinajstić information content (AvgIpc) is 2.17. The Hall–Kier alpha value is -1.03. The first-order valence-corrected chi connectivity index (χ1v) is 6.44. The summed E-state index contributed by atoms with van der Waals surface area (Å²) in [5.74, 6) is 0.0221. The third-order valence-corrected chi connectivity index (χ3v) is 2.77. The van der Waals surface area contributed by atoms with Crippen LogP contribution < -0.4 is 0 Å². The molecule has 18 heavy (non-hydrogen) atoms. The zero-order valence-electron chi connectivity index (χ0n) is 11.2. The maximum absolute atomic E-state index is 12.0. The molecule has 0 aliphatic carbocycles. The van der Waals surface area contributed by atoms with E-state index in [1.807, 2.05) is 0 Å². The molecule has 1 atom stereocenters. The molecule has 102 valence electrons. The van der Waals surface area contributed by atoms with Gasteiger partial charge in [-0.3, -0.25) is 9.69 Å². The van der Waals surface area contributed by atoms with Crippen molar-refractivity contribution >= 4 is 23.5 Å². The van der Waals surface area contributed by atoms with E-state index in [0.29, 0.717) is 30.8 Å². The van der Waals surface area contributed by atoms with E-state index in [4.69, 9.17) is 16.3 Å². The maximum atomic E-state index is 12.0. The molecule has 0 aromatic carbocycles. The standard InChI is InChI=1S/C13H20ClNO3/c1-9(14)8-10-11(16)6-5-7-15(10)12(17)18-13(2,3)4/h10H,1,5-8H2,2-4H3/t10-/m0/s1. The lowest BCUT2D eigenvalue weighted by molar-refractivity contribution is -0.126. The largest absolute Gasteiger partial charge is 0.444 e. The highest BCUT2D eigenvalue weighted by Gasteiger charge is 2.35. The quantitative estimate of drug-likeness (QED) is 0.777. The van der Waals surface area contributed by atoms with Crippen LogP contribution in [0.5, 0.6) is 0 Å². The Morgan fingerprint density at radius 2 is 2.17 bits per heavy atom. The SMILES string of the molecule is C=C(Cl)C[C@H]1C(=O)CCCN1C(=O)OC(C)(C)C. The van der Waals surface area contributed by atoms with E-state index in [0.717, 1.165) is 0 Å². The summed E-state index contributed by atoms with van der Waals surface area (Å²) in [6, 6.07) is -0.529. The number of carbonyl (C=O) groups is 2. The zero-order chi connectivity index (χ0) is 13.9. The van der Waals surface area contributed by atoms with E-state index >= 15 is 0 Å². The number of amides is 1. The monoisotopic (exact) mass is 273 g/mol. The normalized spacial score (nSPS) is 20.8. The Labute approximate surface area is 113 Å². The van der Waals surface area contributed by atoms with Gasteiger partial charge in [0, 0.05) is 24.4 Å². The fourth-order valence-electron chi connectivity index (χ4n) is 1.89. The molecule has 0 aromatic rings. The minimum absolute atomic E-state index is 0.0221. The van der Waals surface area contributed by atoms with Gasteiger partial charge < -0.3 is 4.74 Å². The van der Waals surface area contributed by atoms with Gasteiger partial charge in [-0.15, -0.1) is 0 Å². The predicted molar refractivity (Wildman–Crippen MR) is 70.6 cm³/mol. The van der Waals surface area contributed by atoms with Crippen LogP contribution >= 0.6 is 11.6 Å². The Bertz CT molecular complexity index is 360.